The second-order valence-electron chi connectivity index (χ2n) is 6.12. The van der Waals surface area contributed by atoms with Gasteiger partial charge < -0.3 is 15.0 Å². The average Bonchev–Trinajstić information content (AvgIpc) is 3.08. The van der Waals surface area contributed by atoms with Crippen LogP contribution >= 0.6 is 12.2 Å². The van der Waals surface area contributed by atoms with Crippen LogP contribution in [0.5, 0.6) is 5.75 Å². The number of aromatic amines is 1. The summed E-state index contributed by atoms with van der Waals surface area (Å²) < 4.78 is 0. The van der Waals surface area contributed by atoms with Crippen LogP contribution in [0.1, 0.15) is 27.2 Å². The lowest BCUT2D eigenvalue weighted by atomic mass is 9.97. The Morgan fingerprint density at radius 1 is 1.38 bits per heavy atom. The molecule has 1 atom stereocenters. The molecule has 1 aromatic carbocycles. The number of carbonyl (C=O) groups excluding carboxylic acids is 1. The number of benzene rings is 1. The van der Waals surface area contributed by atoms with Crippen molar-refractivity contribution in [1.82, 2.24) is 4.98 Å². The van der Waals surface area contributed by atoms with Gasteiger partial charge in [-0.3, -0.25) is 4.79 Å². The topological polar surface area (TPSA) is 56.3 Å². The molecular weight excluding hydrogens is 344 g/mol. The van der Waals surface area contributed by atoms with Crippen LogP contribution in [0.15, 0.2) is 61.0 Å². The summed E-state index contributed by atoms with van der Waals surface area (Å²) in [6.07, 6.45) is 6.05. The number of ketones is 1. The van der Waals surface area contributed by atoms with E-state index in [0.29, 0.717) is 22.6 Å². The third kappa shape index (κ3) is 3.78. The molecular formula is C21H24N2O2S. The van der Waals surface area contributed by atoms with Gasteiger partial charge in [0.2, 0.25) is 0 Å². The van der Waals surface area contributed by atoms with E-state index in [1.54, 1.807) is 31.3 Å². The molecule has 1 heterocycles. The number of hydrogen-bond donors (Lipinski definition) is 2. The second-order valence-corrected chi connectivity index (χ2v) is 6.71. The van der Waals surface area contributed by atoms with Gasteiger partial charge in [-0.05, 0) is 44.0 Å². The smallest absolute Gasteiger partial charge is 0.139 e. The van der Waals surface area contributed by atoms with Crippen LogP contribution in [0, 0.1) is 5.92 Å². The highest BCUT2D eigenvalue weighted by molar-refractivity contribution is 7.80. The number of aromatic nitrogens is 1. The lowest BCUT2D eigenvalue weighted by Gasteiger charge is -2.28. The number of phenols is 1. The molecule has 0 spiro atoms. The number of allylic oxidation sites excluding steroid dienone is 2. The van der Waals surface area contributed by atoms with Gasteiger partial charge in [0.25, 0.3) is 0 Å². The van der Waals surface area contributed by atoms with E-state index in [0.717, 1.165) is 16.6 Å². The van der Waals surface area contributed by atoms with Gasteiger partial charge in [-0.1, -0.05) is 44.5 Å². The van der Waals surface area contributed by atoms with Gasteiger partial charge >= 0.3 is 0 Å². The predicted molar refractivity (Wildman–Crippen MR) is 113 cm³/mol. The molecule has 26 heavy (non-hydrogen) atoms. The van der Waals surface area contributed by atoms with Gasteiger partial charge in [0.1, 0.15) is 11.5 Å². The first-order valence-corrected chi connectivity index (χ1v) is 8.86. The van der Waals surface area contributed by atoms with E-state index >= 15 is 0 Å². The van der Waals surface area contributed by atoms with Crippen molar-refractivity contribution in [2.75, 3.05) is 4.90 Å². The maximum absolute atomic E-state index is 11.8. The summed E-state index contributed by atoms with van der Waals surface area (Å²) >= 11 is 5.47. The maximum Gasteiger partial charge on any atom is 0.139 e. The highest BCUT2D eigenvalue weighted by Gasteiger charge is 2.20. The third-order valence-corrected chi connectivity index (χ3v) is 4.58. The molecule has 5 heteroatoms. The van der Waals surface area contributed by atoms with E-state index in [9.17, 15) is 9.90 Å². The summed E-state index contributed by atoms with van der Waals surface area (Å²) in [7, 11) is 0. The summed E-state index contributed by atoms with van der Waals surface area (Å²) in [6, 6.07) is 5.30. The Morgan fingerprint density at radius 2 is 2.08 bits per heavy atom. The van der Waals surface area contributed by atoms with Crippen LogP contribution in [0.3, 0.4) is 0 Å². The lowest BCUT2D eigenvalue weighted by Crippen LogP contribution is -2.27. The highest BCUT2D eigenvalue weighted by Crippen LogP contribution is 2.35. The largest absolute Gasteiger partial charge is 0.506 e. The number of nitrogens with one attached hydrogen (secondary N) is 1. The summed E-state index contributed by atoms with van der Waals surface area (Å²) in [4.78, 5) is 17.3. The van der Waals surface area contributed by atoms with Crippen molar-refractivity contribution in [3.8, 4) is 5.75 Å². The molecule has 0 bridgehead atoms. The summed E-state index contributed by atoms with van der Waals surface area (Å²) in [5.74, 6) is 0.0745. The number of Topliss-reactive ketones (excluding diaryl/α,β-unsaturated/α-hetero) is 1. The number of aromatic hydroxyl groups is 1. The average molecular weight is 369 g/mol. The SMILES string of the molecule is C=C/C(=C\C(CC)C(C)=O)C(=C)N(C(C)=S)c1ccc(O)c2[nH]ccc12. The number of phenolic OH excluding ortho intramolecular Hbond substituents is 1. The van der Waals surface area contributed by atoms with Gasteiger partial charge in [-0.15, -0.1) is 0 Å². The Kier molecular flexibility index (Phi) is 6.16. The quantitative estimate of drug-likeness (QED) is 0.516. The number of H-pyrrole nitrogens is 1. The van der Waals surface area contributed by atoms with Gasteiger partial charge in [0.15, 0.2) is 0 Å². The number of thiocarbonyl (C=S) groups is 1. The fraction of sp³-hybridized carbons (Fsp3) is 0.238. The molecule has 0 saturated carbocycles. The summed E-state index contributed by atoms with van der Waals surface area (Å²) in [6.45, 7) is 13.4. The molecule has 0 aliphatic heterocycles. The fourth-order valence-corrected chi connectivity index (χ4v) is 3.18. The standard InChI is InChI=1S/C21H24N2O2S/c1-6-16(12-17(7-2)14(4)24)13(3)23(15(5)26)19-8-9-20(25)21-18(19)10-11-22-21/h6,8-12,17,22,25H,1,3,7H2,2,4-5H3/b16-12+. The van der Waals surface area contributed by atoms with E-state index < -0.39 is 0 Å². The Bertz CT molecular complexity index is 908. The molecule has 0 radical (unpaired) electrons. The first kappa shape index (κ1) is 19.7. The molecule has 0 amide bonds. The number of rotatable bonds is 7. The Hall–Kier alpha value is -2.66. The minimum atomic E-state index is -0.195. The van der Waals surface area contributed by atoms with Gasteiger partial charge in [0, 0.05) is 23.2 Å². The van der Waals surface area contributed by atoms with Crippen molar-refractivity contribution in [3.63, 3.8) is 0 Å². The minimum absolute atomic E-state index is 0.0999. The molecule has 0 aliphatic carbocycles. The Labute approximate surface area is 159 Å². The highest BCUT2D eigenvalue weighted by atomic mass is 32.1. The van der Waals surface area contributed by atoms with E-state index in [-0.39, 0.29) is 17.5 Å². The molecule has 4 nitrogen and oxygen atoms in total. The maximum atomic E-state index is 11.8. The number of nitrogens with zero attached hydrogens (tertiary/aromatic N) is 1. The van der Waals surface area contributed by atoms with Crippen molar-refractivity contribution >= 4 is 39.6 Å². The first-order chi connectivity index (χ1) is 12.3. The van der Waals surface area contributed by atoms with Crippen LogP contribution in [0.4, 0.5) is 5.69 Å². The Morgan fingerprint density at radius 3 is 2.62 bits per heavy atom. The lowest BCUT2D eigenvalue weighted by molar-refractivity contribution is -0.119. The Balaban J connectivity index is 2.57. The summed E-state index contributed by atoms with van der Waals surface area (Å²) in [5.41, 5.74) is 2.84. The zero-order valence-corrected chi connectivity index (χ0v) is 16.2. The number of fused-ring (bicyclic) bond motifs is 1. The van der Waals surface area contributed by atoms with Crippen LogP contribution in [-0.4, -0.2) is 20.9 Å². The monoisotopic (exact) mass is 368 g/mol. The first-order valence-electron chi connectivity index (χ1n) is 8.45. The van der Waals surface area contributed by atoms with Crippen molar-refractivity contribution < 1.29 is 9.90 Å². The molecule has 1 aromatic heterocycles. The van der Waals surface area contributed by atoms with E-state index in [1.165, 1.54) is 0 Å². The second kappa shape index (κ2) is 8.15. The number of anilines is 1. The molecule has 2 aromatic rings. The number of hydrogen-bond acceptors (Lipinski definition) is 3. The van der Waals surface area contributed by atoms with Crippen molar-refractivity contribution in [1.29, 1.82) is 0 Å². The van der Waals surface area contributed by atoms with Gasteiger partial charge in [-0.2, -0.15) is 0 Å². The van der Waals surface area contributed by atoms with Crippen LogP contribution in [-0.2, 0) is 4.79 Å². The van der Waals surface area contributed by atoms with Crippen LogP contribution in [0.2, 0.25) is 0 Å². The predicted octanol–water partition coefficient (Wildman–Crippen LogP) is 5.27. The normalized spacial score (nSPS) is 12.7. The molecule has 0 fully saturated rings. The van der Waals surface area contributed by atoms with Crippen LogP contribution in [0.25, 0.3) is 10.9 Å². The fourth-order valence-electron chi connectivity index (χ4n) is 2.98. The molecule has 2 rings (SSSR count). The van der Waals surface area contributed by atoms with Crippen molar-refractivity contribution in [3.05, 3.63) is 61.0 Å². The van der Waals surface area contributed by atoms with Gasteiger partial charge in [-0.25, -0.2) is 0 Å². The molecule has 0 saturated heterocycles. The van der Waals surface area contributed by atoms with Crippen molar-refractivity contribution in [2.45, 2.75) is 27.2 Å². The number of carbonyl (C=O) groups is 1. The summed E-state index contributed by atoms with van der Waals surface area (Å²) in [5, 5.41) is 10.9. The molecule has 2 N–H and O–H groups in total. The van der Waals surface area contributed by atoms with Gasteiger partial charge in [0.05, 0.1) is 16.2 Å². The zero-order valence-electron chi connectivity index (χ0n) is 15.4. The zero-order chi connectivity index (χ0) is 19.4. The minimum Gasteiger partial charge on any atom is -0.506 e. The van der Waals surface area contributed by atoms with E-state index in [4.69, 9.17) is 12.2 Å². The van der Waals surface area contributed by atoms with E-state index in [2.05, 4.69) is 18.1 Å². The molecule has 0 aliphatic rings. The third-order valence-electron chi connectivity index (χ3n) is 4.40. The van der Waals surface area contributed by atoms with Crippen molar-refractivity contribution in [2.24, 2.45) is 5.92 Å². The molecule has 1 unspecified atom stereocenters. The molecule has 136 valence electrons. The van der Waals surface area contributed by atoms with E-state index in [1.807, 2.05) is 30.9 Å². The van der Waals surface area contributed by atoms with Crippen LogP contribution < -0.4 is 4.90 Å².